The number of carbonyl (C=O) groups is 2. The number of nitrogens with zero attached hydrogens (tertiary/aromatic N) is 1. The van der Waals surface area contributed by atoms with E-state index >= 15 is 0 Å². The molecular formula is C20H24N2O2. The number of nitrogens with one attached hydrogen (secondary N) is 1. The summed E-state index contributed by atoms with van der Waals surface area (Å²) in [6.07, 6.45) is 0.358. The molecule has 0 aromatic heterocycles. The van der Waals surface area contributed by atoms with Crippen LogP contribution in [-0.4, -0.2) is 24.9 Å². The molecule has 0 saturated heterocycles. The van der Waals surface area contributed by atoms with E-state index in [4.69, 9.17) is 0 Å². The highest BCUT2D eigenvalue weighted by Gasteiger charge is 2.12. The summed E-state index contributed by atoms with van der Waals surface area (Å²) < 4.78 is 0. The summed E-state index contributed by atoms with van der Waals surface area (Å²) in [5, 5.41) is 2.89. The molecule has 0 radical (unpaired) electrons. The monoisotopic (exact) mass is 324 g/mol. The molecule has 2 rings (SSSR count). The van der Waals surface area contributed by atoms with Crippen LogP contribution in [0.15, 0.2) is 48.5 Å². The zero-order chi connectivity index (χ0) is 17.5. The number of hydrogen-bond donors (Lipinski definition) is 1. The number of anilines is 1. The topological polar surface area (TPSA) is 49.4 Å². The van der Waals surface area contributed by atoms with Crippen LogP contribution in [0.5, 0.6) is 0 Å². The molecule has 2 aromatic rings. The number of carbonyl (C=O) groups excluding carboxylic acids is 2. The molecule has 2 aromatic carbocycles. The Kier molecular flexibility index (Phi) is 6.13. The molecule has 2 amide bonds. The normalized spacial score (nSPS) is 10.3. The van der Waals surface area contributed by atoms with Gasteiger partial charge in [0.15, 0.2) is 0 Å². The first-order valence-corrected chi connectivity index (χ1v) is 8.13. The largest absolute Gasteiger partial charge is 0.354 e. The maximum Gasteiger partial charge on any atom is 0.224 e. The molecular weight excluding hydrogens is 300 g/mol. The average Bonchev–Trinajstić information content (AvgIpc) is 2.54. The SMILES string of the molecule is CC(=O)N(CCNC(=O)Cc1ccccc1C)c1ccc(C)cc1. The van der Waals surface area contributed by atoms with Gasteiger partial charge in [0.25, 0.3) is 0 Å². The summed E-state index contributed by atoms with van der Waals surface area (Å²) in [4.78, 5) is 25.6. The van der Waals surface area contributed by atoms with Gasteiger partial charge in [-0.2, -0.15) is 0 Å². The summed E-state index contributed by atoms with van der Waals surface area (Å²) in [5.74, 6) is -0.0660. The molecule has 0 heterocycles. The summed E-state index contributed by atoms with van der Waals surface area (Å²) in [6.45, 7) is 6.43. The summed E-state index contributed by atoms with van der Waals surface area (Å²) in [7, 11) is 0. The smallest absolute Gasteiger partial charge is 0.224 e. The minimum absolute atomic E-state index is 0.0308. The molecule has 24 heavy (non-hydrogen) atoms. The van der Waals surface area contributed by atoms with Crippen LogP contribution < -0.4 is 10.2 Å². The molecule has 0 atom stereocenters. The van der Waals surface area contributed by atoms with Gasteiger partial charge in [0.2, 0.25) is 11.8 Å². The van der Waals surface area contributed by atoms with E-state index in [0.717, 1.165) is 22.4 Å². The van der Waals surface area contributed by atoms with Crippen LogP contribution in [0, 0.1) is 13.8 Å². The molecule has 0 aliphatic heterocycles. The zero-order valence-corrected chi connectivity index (χ0v) is 14.5. The molecule has 4 heteroatoms. The molecule has 0 aliphatic rings. The highest BCUT2D eigenvalue weighted by molar-refractivity contribution is 5.91. The summed E-state index contributed by atoms with van der Waals surface area (Å²) in [6, 6.07) is 15.6. The van der Waals surface area contributed by atoms with Gasteiger partial charge < -0.3 is 10.2 Å². The first kappa shape index (κ1) is 17.7. The lowest BCUT2D eigenvalue weighted by molar-refractivity contribution is -0.121. The van der Waals surface area contributed by atoms with Gasteiger partial charge in [-0.1, -0.05) is 42.0 Å². The maximum absolute atomic E-state index is 12.1. The van der Waals surface area contributed by atoms with E-state index in [2.05, 4.69) is 5.32 Å². The van der Waals surface area contributed by atoms with Crippen LogP contribution in [0.4, 0.5) is 5.69 Å². The van der Waals surface area contributed by atoms with E-state index in [0.29, 0.717) is 19.5 Å². The first-order valence-electron chi connectivity index (χ1n) is 8.13. The van der Waals surface area contributed by atoms with E-state index in [-0.39, 0.29) is 11.8 Å². The Bertz CT molecular complexity index is 708. The van der Waals surface area contributed by atoms with Crippen LogP contribution >= 0.6 is 0 Å². The van der Waals surface area contributed by atoms with Crippen molar-refractivity contribution in [1.82, 2.24) is 5.32 Å². The zero-order valence-electron chi connectivity index (χ0n) is 14.5. The van der Waals surface area contributed by atoms with Crippen molar-refractivity contribution in [3.63, 3.8) is 0 Å². The first-order chi connectivity index (χ1) is 11.5. The fourth-order valence-corrected chi connectivity index (χ4v) is 2.54. The van der Waals surface area contributed by atoms with Gasteiger partial charge >= 0.3 is 0 Å². The third-order valence-corrected chi connectivity index (χ3v) is 4.00. The van der Waals surface area contributed by atoms with Crippen molar-refractivity contribution in [3.05, 3.63) is 65.2 Å². The van der Waals surface area contributed by atoms with Crippen LogP contribution in [0.25, 0.3) is 0 Å². The molecule has 0 fully saturated rings. The van der Waals surface area contributed by atoms with Crippen molar-refractivity contribution in [2.24, 2.45) is 0 Å². The quantitative estimate of drug-likeness (QED) is 0.888. The van der Waals surface area contributed by atoms with Crippen LogP contribution in [-0.2, 0) is 16.0 Å². The third-order valence-electron chi connectivity index (χ3n) is 4.00. The van der Waals surface area contributed by atoms with Gasteiger partial charge in [-0.3, -0.25) is 9.59 Å². The number of hydrogen-bond acceptors (Lipinski definition) is 2. The fourth-order valence-electron chi connectivity index (χ4n) is 2.54. The predicted molar refractivity (Wildman–Crippen MR) is 97.1 cm³/mol. The number of amides is 2. The van der Waals surface area contributed by atoms with Gasteiger partial charge in [-0.15, -0.1) is 0 Å². The van der Waals surface area contributed by atoms with E-state index < -0.39 is 0 Å². The highest BCUT2D eigenvalue weighted by atomic mass is 16.2. The molecule has 0 spiro atoms. The Morgan fingerprint density at radius 3 is 2.29 bits per heavy atom. The fraction of sp³-hybridized carbons (Fsp3) is 0.300. The molecule has 1 N–H and O–H groups in total. The maximum atomic E-state index is 12.1. The van der Waals surface area contributed by atoms with Crippen molar-refractivity contribution in [2.45, 2.75) is 27.2 Å². The second-order valence-corrected chi connectivity index (χ2v) is 5.96. The van der Waals surface area contributed by atoms with Crippen LogP contribution in [0.3, 0.4) is 0 Å². The van der Waals surface area contributed by atoms with Gasteiger partial charge in [-0.25, -0.2) is 0 Å². The Balaban J connectivity index is 1.89. The van der Waals surface area contributed by atoms with Crippen molar-refractivity contribution in [2.75, 3.05) is 18.0 Å². The van der Waals surface area contributed by atoms with Gasteiger partial charge in [0.1, 0.15) is 0 Å². The minimum atomic E-state index is -0.0352. The van der Waals surface area contributed by atoms with Crippen LogP contribution in [0.1, 0.15) is 23.6 Å². The van der Waals surface area contributed by atoms with Gasteiger partial charge in [-0.05, 0) is 37.1 Å². The summed E-state index contributed by atoms with van der Waals surface area (Å²) >= 11 is 0. The van der Waals surface area contributed by atoms with E-state index in [1.165, 1.54) is 6.92 Å². The molecule has 0 bridgehead atoms. The van der Waals surface area contributed by atoms with Crippen molar-refractivity contribution in [3.8, 4) is 0 Å². The lowest BCUT2D eigenvalue weighted by atomic mass is 10.1. The van der Waals surface area contributed by atoms with Gasteiger partial charge in [0.05, 0.1) is 6.42 Å². The number of aryl methyl sites for hydroxylation is 2. The number of rotatable bonds is 6. The molecule has 0 saturated carbocycles. The van der Waals surface area contributed by atoms with E-state index in [1.807, 2.05) is 62.4 Å². The minimum Gasteiger partial charge on any atom is -0.354 e. The lowest BCUT2D eigenvalue weighted by Crippen LogP contribution is -2.38. The Labute approximate surface area is 143 Å². The Hall–Kier alpha value is -2.62. The average molecular weight is 324 g/mol. The lowest BCUT2D eigenvalue weighted by Gasteiger charge is -2.21. The van der Waals surface area contributed by atoms with E-state index in [9.17, 15) is 9.59 Å². The van der Waals surface area contributed by atoms with Crippen molar-refractivity contribution < 1.29 is 9.59 Å². The van der Waals surface area contributed by atoms with Crippen molar-refractivity contribution >= 4 is 17.5 Å². The number of benzene rings is 2. The van der Waals surface area contributed by atoms with Crippen LogP contribution in [0.2, 0.25) is 0 Å². The molecule has 0 unspecified atom stereocenters. The Morgan fingerprint density at radius 1 is 1.00 bits per heavy atom. The predicted octanol–water partition coefficient (Wildman–Crippen LogP) is 3.02. The Morgan fingerprint density at radius 2 is 1.67 bits per heavy atom. The second kappa shape index (κ2) is 8.29. The summed E-state index contributed by atoms with van der Waals surface area (Å²) in [5.41, 5.74) is 4.13. The highest BCUT2D eigenvalue weighted by Crippen LogP contribution is 2.15. The van der Waals surface area contributed by atoms with E-state index in [1.54, 1.807) is 4.90 Å². The molecule has 126 valence electrons. The third kappa shape index (κ3) is 4.95. The second-order valence-electron chi connectivity index (χ2n) is 5.96. The standard InChI is InChI=1S/C20H24N2O2/c1-15-8-10-19(11-9-15)22(17(3)23)13-12-21-20(24)14-18-7-5-4-6-16(18)2/h4-11H,12-14H2,1-3H3,(H,21,24). The van der Waals surface area contributed by atoms with Gasteiger partial charge in [0, 0.05) is 25.7 Å². The molecule has 4 nitrogen and oxygen atoms in total. The van der Waals surface area contributed by atoms with Crippen molar-refractivity contribution in [1.29, 1.82) is 0 Å². The molecule has 0 aliphatic carbocycles.